The highest BCUT2D eigenvalue weighted by Crippen LogP contribution is 2.29. The molecule has 26 heavy (non-hydrogen) atoms. The molecule has 0 unspecified atom stereocenters. The number of hydrogen-bond donors (Lipinski definition) is 1. The molecule has 142 valence electrons. The fraction of sp³-hybridized carbons (Fsp3) is 0.474. The van der Waals surface area contributed by atoms with Crippen LogP contribution in [0.2, 0.25) is 0 Å². The number of carbonyl (C=O) groups is 2. The quantitative estimate of drug-likeness (QED) is 0.631. The highest BCUT2D eigenvalue weighted by atomic mass is 19.4. The van der Waals surface area contributed by atoms with Gasteiger partial charge in [0.25, 0.3) is 5.91 Å². The van der Waals surface area contributed by atoms with Gasteiger partial charge in [-0.25, -0.2) is 4.79 Å². The number of carbonyl (C=O) groups excluding carboxylic acids is 2. The number of ether oxygens (including phenoxy) is 1. The van der Waals surface area contributed by atoms with Crippen LogP contribution in [0.4, 0.5) is 13.2 Å². The van der Waals surface area contributed by atoms with E-state index in [1.165, 1.54) is 18.2 Å². The third-order valence-electron chi connectivity index (χ3n) is 4.43. The van der Waals surface area contributed by atoms with E-state index in [2.05, 4.69) is 12.2 Å². The van der Waals surface area contributed by atoms with E-state index in [0.29, 0.717) is 5.92 Å². The van der Waals surface area contributed by atoms with Crippen LogP contribution in [0.25, 0.3) is 6.08 Å². The number of esters is 1. The SMILES string of the molecule is C[C@@H]1CCCC[C@@H]1NC(=O)COC(=O)/C=C/c1cccc(C(F)(F)F)c1. The van der Waals surface area contributed by atoms with Crippen molar-refractivity contribution in [3.05, 3.63) is 41.5 Å². The first-order chi connectivity index (χ1) is 12.3. The number of halogens is 3. The maximum atomic E-state index is 12.6. The summed E-state index contributed by atoms with van der Waals surface area (Å²) in [4.78, 5) is 23.5. The maximum absolute atomic E-state index is 12.6. The van der Waals surface area contributed by atoms with Gasteiger partial charge in [-0.2, -0.15) is 13.2 Å². The standard InChI is InChI=1S/C19H22F3NO3/c1-13-5-2-3-8-16(13)23-17(24)12-26-18(25)10-9-14-6-4-7-15(11-14)19(20,21)22/h4,6-7,9-11,13,16H,2-3,5,8,12H2,1H3,(H,23,24)/b10-9+/t13-,16+/m1/s1. The lowest BCUT2D eigenvalue weighted by molar-refractivity contribution is -0.144. The van der Waals surface area contributed by atoms with Gasteiger partial charge in [0, 0.05) is 12.1 Å². The average Bonchev–Trinajstić information content (AvgIpc) is 2.60. The van der Waals surface area contributed by atoms with Gasteiger partial charge in [0.05, 0.1) is 5.56 Å². The molecule has 1 aromatic carbocycles. The lowest BCUT2D eigenvalue weighted by Gasteiger charge is -2.29. The second kappa shape index (κ2) is 8.87. The monoisotopic (exact) mass is 369 g/mol. The molecule has 1 aliphatic carbocycles. The Labute approximate surface area is 150 Å². The summed E-state index contributed by atoms with van der Waals surface area (Å²) < 4.78 is 42.7. The molecule has 0 saturated heterocycles. The number of amides is 1. The van der Waals surface area contributed by atoms with Gasteiger partial charge in [-0.3, -0.25) is 4.79 Å². The van der Waals surface area contributed by atoms with Crippen LogP contribution in [0.1, 0.15) is 43.7 Å². The summed E-state index contributed by atoms with van der Waals surface area (Å²) in [5.74, 6) is -0.761. The normalized spacial score (nSPS) is 20.8. The van der Waals surface area contributed by atoms with Crippen LogP contribution in [0.3, 0.4) is 0 Å². The third kappa shape index (κ3) is 6.20. The van der Waals surface area contributed by atoms with Gasteiger partial charge in [-0.15, -0.1) is 0 Å². The summed E-state index contributed by atoms with van der Waals surface area (Å²) in [6.45, 7) is 1.67. The number of benzene rings is 1. The minimum atomic E-state index is -4.45. The molecule has 0 aromatic heterocycles. The Morgan fingerprint density at radius 3 is 2.69 bits per heavy atom. The van der Waals surface area contributed by atoms with Crippen LogP contribution < -0.4 is 5.32 Å². The van der Waals surface area contributed by atoms with Gasteiger partial charge in [0.2, 0.25) is 0 Å². The van der Waals surface area contributed by atoms with Gasteiger partial charge in [0.1, 0.15) is 0 Å². The molecule has 0 spiro atoms. The number of hydrogen-bond acceptors (Lipinski definition) is 3. The van der Waals surface area contributed by atoms with Crippen molar-refractivity contribution in [2.45, 2.75) is 44.8 Å². The van der Waals surface area contributed by atoms with Gasteiger partial charge in [0.15, 0.2) is 6.61 Å². The van der Waals surface area contributed by atoms with E-state index < -0.39 is 24.3 Å². The van der Waals surface area contributed by atoms with Gasteiger partial charge >= 0.3 is 12.1 Å². The molecule has 1 amide bonds. The highest BCUT2D eigenvalue weighted by Gasteiger charge is 2.30. The summed E-state index contributed by atoms with van der Waals surface area (Å²) in [5.41, 5.74) is -0.578. The zero-order valence-corrected chi connectivity index (χ0v) is 14.5. The molecule has 2 rings (SSSR count). The molecular formula is C19H22F3NO3. The average molecular weight is 369 g/mol. The molecule has 1 saturated carbocycles. The fourth-order valence-electron chi connectivity index (χ4n) is 2.95. The summed E-state index contributed by atoms with van der Waals surface area (Å²) >= 11 is 0. The molecule has 0 radical (unpaired) electrons. The van der Waals surface area contributed by atoms with E-state index in [4.69, 9.17) is 4.74 Å². The smallest absolute Gasteiger partial charge is 0.416 e. The van der Waals surface area contributed by atoms with Crippen molar-refractivity contribution in [3.8, 4) is 0 Å². The second-order valence-electron chi connectivity index (χ2n) is 6.50. The van der Waals surface area contributed by atoms with Crippen molar-refractivity contribution in [3.63, 3.8) is 0 Å². The summed E-state index contributed by atoms with van der Waals surface area (Å²) in [6, 6.07) is 4.67. The molecule has 7 heteroatoms. The van der Waals surface area contributed by atoms with Crippen LogP contribution >= 0.6 is 0 Å². The van der Waals surface area contributed by atoms with E-state index in [1.807, 2.05) is 0 Å². The molecule has 0 aliphatic heterocycles. The van der Waals surface area contributed by atoms with Crippen LogP contribution in [-0.2, 0) is 20.5 Å². The summed E-state index contributed by atoms with van der Waals surface area (Å²) in [5, 5.41) is 2.86. The maximum Gasteiger partial charge on any atom is 0.416 e. The summed E-state index contributed by atoms with van der Waals surface area (Å²) in [7, 11) is 0. The molecule has 4 nitrogen and oxygen atoms in total. The molecule has 0 bridgehead atoms. The van der Waals surface area contributed by atoms with E-state index in [9.17, 15) is 22.8 Å². The molecule has 1 aliphatic rings. The van der Waals surface area contributed by atoms with Crippen LogP contribution in [-0.4, -0.2) is 24.5 Å². The van der Waals surface area contributed by atoms with Crippen molar-refractivity contribution in [1.29, 1.82) is 0 Å². The fourth-order valence-corrected chi connectivity index (χ4v) is 2.95. The number of rotatable bonds is 5. The molecule has 1 N–H and O–H groups in total. The van der Waals surface area contributed by atoms with Gasteiger partial charge in [-0.1, -0.05) is 31.9 Å². The van der Waals surface area contributed by atoms with Crippen molar-refractivity contribution in [2.75, 3.05) is 6.61 Å². The Morgan fingerprint density at radius 2 is 2.00 bits per heavy atom. The summed E-state index contributed by atoms with van der Waals surface area (Å²) in [6.07, 6.45) is 1.97. The Hall–Kier alpha value is -2.31. The first kappa shape index (κ1) is 20.0. The lowest BCUT2D eigenvalue weighted by Crippen LogP contribution is -2.42. The van der Waals surface area contributed by atoms with Crippen LogP contribution in [0.15, 0.2) is 30.3 Å². The van der Waals surface area contributed by atoms with Crippen molar-refractivity contribution < 1.29 is 27.5 Å². The van der Waals surface area contributed by atoms with E-state index >= 15 is 0 Å². The topological polar surface area (TPSA) is 55.4 Å². The van der Waals surface area contributed by atoms with Crippen molar-refractivity contribution >= 4 is 18.0 Å². The minimum Gasteiger partial charge on any atom is -0.452 e. The molecule has 1 fully saturated rings. The Bertz CT molecular complexity index is 670. The highest BCUT2D eigenvalue weighted by molar-refractivity contribution is 5.89. The lowest BCUT2D eigenvalue weighted by atomic mass is 9.86. The van der Waals surface area contributed by atoms with E-state index in [-0.39, 0.29) is 17.5 Å². The predicted octanol–water partition coefficient (Wildman–Crippen LogP) is 3.96. The Kier molecular flexibility index (Phi) is 6.83. The third-order valence-corrected chi connectivity index (χ3v) is 4.43. The molecule has 0 heterocycles. The van der Waals surface area contributed by atoms with Crippen molar-refractivity contribution in [1.82, 2.24) is 5.32 Å². The zero-order valence-electron chi connectivity index (χ0n) is 14.5. The Morgan fingerprint density at radius 1 is 1.27 bits per heavy atom. The first-order valence-corrected chi connectivity index (χ1v) is 8.57. The van der Waals surface area contributed by atoms with Crippen LogP contribution in [0, 0.1) is 5.92 Å². The predicted molar refractivity (Wildman–Crippen MR) is 91.0 cm³/mol. The molecule has 1 aromatic rings. The number of nitrogens with one attached hydrogen (secondary N) is 1. The number of alkyl halides is 3. The van der Waals surface area contributed by atoms with Gasteiger partial charge in [-0.05, 0) is 42.5 Å². The van der Waals surface area contributed by atoms with Crippen molar-refractivity contribution in [2.24, 2.45) is 5.92 Å². The largest absolute Gasteiger partial charge is 0.452 e. The van der Waals surface area contributed by atoms with Crippen LogP contribution in [0.5, 0.6) is 0 Å². The second-order valence-corrected chi connectivity index (χ2v) is 6.50. The van der Waals surface area contributed by atoms with Gasteiger partial charge < -0.3 is 10.1 Å². The van der Waals surface area contributed by atoms with E-state index in [0.717, 1.165) is 43.9 Å². The zero-order chi connectivity index (χ0) is 19.2. The minimum absolute atomic E-state index is 0.0932. The van der Waals surface area contributed by atoms with E-state index in [1.54, 1.807) is 0 Å². The molecular weight excluding hydrogens is 347 g/mol. The Balaban J connectivity index is 1.81. The first-order valence-electron chi connectivity index (χ1n) is 8.57. The molecule has 2 atom stereocenters.